The Kier molecular flexibility index (Phi) is 6.83. The SMILES string of the molecule is CCC(=O)N[C@](c1cccc(C)c1)(C(O)F)N1C(=O)c2ccccc2C1c1ccnc(Nc2ccnn2C)n1. The first kappa shape index (κ1) is 26.0. The lowest BCUT2D eigenvalue weighted by Crippen LogP contribution is -2.64. The number of alkyl halides is 1. The Hall–Kier alpha value is -4.64. The molecule has 3 N–H and O–H groups in total. The fraction of sp³-hybridized carbons (Fsp3) is 0.250. The Balaban J connectivity index is 1.72. The predicted molar refractivity (Wildman–Crippen MR) is 141 cm³/mol. The van der Waals surface area contributed by atoms with E-state index in [1.54, 1.807) is 92.4 Å². The van der Waals surface area contributed by atoms with Gasteiger partial charge in [0.15, 0.2) is 5.66 Å². The van der Waals surface area contributed by atoms with Gasteiger partial charge in [0.1, 0.15) is 11.9 Å². The number of benzene rings is 2. The van der Waals surface area contributed by atoms with Gasteiger partial charge in [-0.15, -0.1) is 0 Å². The molecule has 1 aliphatic heterocycles. The summed E-state index contributed by atoms with van der Waals surface area (Å²) in [5, 5.41) is 20.7. The Labute approximate surface area is 224 Å². The number of carbonyl (C=O) groups excluding carboxylic acids is 2. The van der Waals surface area contributed by atoms with E-state index in [9.17, 15) is 14.7 Å². The molecule has 0 saturated heterocycles. The number of aliphatic hydroxyl groups excluding tert-OH is 1. The predicted octanol–water partition coefficient (Wildman–Crippen LogP) is 3.47. The number of carbonyl (C=O) groups is 2. The van der Waals surface area contributed by atoms with Gasteiger partial charge >= 0.3 is 0 Å². The third-order valence-corrected chi connectivity index (χ3v) is 6.81. The monoisotopic (exact) mass is 529 g/mol. The van der Waals surface area contributed by atoms with Gasteiger partial charge in [-0.2, -0.15) is 5.10 Å². The molecule has 2 amide bonds. The van der Waals surface area contributed by atoms with Crippen molar-refractivity contribution in [2.24, 2.45) is 7.05 Å². The zero-order valence-electron chi connectivity index (χ0n) is 21.7. The van der Waals surface area contributed by atoms with Crippen LogP contribution in [0.5, 0.6) is 0 Å². The number of aromatic nitrogens is 4. The molecule has 0 aliphatic carbocycles. The fourth-order valence-electron chi connectivity index (χ4n) is 4.93. The molecule has 2 aromatic carbocycles. The van der Waals surface area contributed by atoms with Crippen molar-refractivity contribution in [2.75, 3.05) is 5.32 Å². The van der Waals surface area contributed by atoms with Gasteiger partial charge in [-0.25, -0.2) is 14.4 Å². The maximum absolute atomic E-state index is 15.7. The number of hydrogen-bond acceptors (Lipinski definition) is 7. The number of anilines is 2. The Morgan fingerprint density at radius 1 is 1.15 bits per heavy atom. The van der Waals surface area contributed by atoms with Crippen molar-refractivity contribution in [1.29, 1.82) is 0 Å². The summed E-state index contributed by atoms with van der Waals surface area (Å²) in [6, 6.07) is 16.0. The molecule has 11 heteroatoms. The van der Waals surface area contributed by atoms with Crippen molar-refractivity contribution in [2.45, 2.75) is 38.3 Å². The molecule has 39 heavy (non-hydrogen) atoms. The zero-order chi connectivity index (χ0) is 27.7. The average Bonchev–Trinajstić information content (AvgIpc) is 3.47. The van der Waals surface area contributed by atoms with Gasteiger partial charge in [0.2, 0.25) is 18.2 Å². The van der Waals surface area contributed by atoms with Crippen molar-refractivity contribution < 1.29 is 19.1 Å². The van der Waals surface area contributed by atoms with Crippen LogP contribution in [0.4, 0.5) is 16.2 Å². The van der Waals surface area contributed by atoms with E-state index >= 15 is 4.39 Å². The van der Waals surface area contributed by atoms with E-state index in [1.165, 1.54) is 11.1 Å². The van der Waals surface area contributed by atoms with Crippen LogP contribution in [0.15, 0.2) is 73.1 Å². The van der Waals surface area contributed by atoms with Crippen molar-refractivity contribution in [3.63, 3.8) is 0 Å². The number of halogens is 1. The second-order valence-corrected chi connectivity index (χ2v) is 9.31. The van der Waals surface area contributed by atoms with Gasteiger partial charge in [-0.1, -0.05) is 55.0 Å². The first-order chi connectivity index (χ1) is 18.8. The highest BCUT2D eigenvalue weighted by molar-refractivity contribution is 6.00. The lowest BCUT2D eigenvalue weighted by Gasteiger charge is -2.45. The minimum Gasteiger partial charge on any atom is -0.361 e. The van der Waals surface area contributed by atoms with Crippen LogP contribution < -0.4 is 10.6 Å². The van der Waals surface area contributed by atoms with Crippen LogP contribution in [0.1, 0.15) is 52.1 Å². The molecule has 5 rings (SSSR count). The van der Waals surface area contributed by atoms with Crippen LogP contribution in [0.3, 0.4) is 0 Å². The molecule has 200 valence electrons. The summed E-state index contributed by atoms with van der Waals surface area (Å²) in [6.45, 7) is 3.42. The molecular weight excluding hydrogens is 501 g/mol. The van der Waals surface area contributed by atoms with Gasteiger partial charge in [-0.3, -0.25) is 19.2 Å². The highest BCUT2D eigenvalue weighted by atomic mass is 19.1. The number of fused-ring (bicyclic) bond motifs is 1. The smallest absolute Gasteiger partial charge is 0.257 e. The Morgan fingerprint density at radius 2 is 1.95 bits per heavy atom. The molecule has 10 nitrogen and oxygen atoms in total. The van der Waals surface area contributed by atoms with Crippen molar-refractivity contribution >= 4 is 23.6 Å². The molecule has 2 aromatic heterocycles. The Bertz CT molecular complexity index is 1540. The van der Waals surface area contributed by atoms with Crippen LogP contribution in [-0.2, 0) is 17.5 Å². The van der Waals surface area contributed by atoms with Crippen LogP contribution in [0, 0.1) is 6.92 Å². The van der Waals surface area contributed by atoms with Crippen molar-refractivity contribution in [3.8, 4) is 0 Å². The van der Waals surface area contributed by atoms with E-state index in [0.29, 0.717) is 22.6 Å². The molecule has 0 fully saturated rings. The van der Waals surface area contributed by atoms with E-state index < -0.39 is 29.9 Å². The number of aryl methyl sites for hydroxylation is 2. The first-order valence-corrected chi connectivity index (χ1v) is 12.5. The molecule has 3 atom stereocenters. The summed E-state index contributed by atoms with van der Waals surface area (Å²) in [5.74, 6) is -0.246. The zero-order valence-corrected chi connectivity index (χ0v) is 21.7. The van der Waals surface area contributed by atoms with Gasteiger partial charge in [0.05, 0.1) is 11.9 Å². The molecule has 0 spiro atoms. The first-order valence-electron chi connectivity index (χ1n) is 12.5. The number of amides is 2. The molecule has 0 radical (unpaired) electrons. The summed E-state index contributed by atoms with van der Waals surface area (Å²) < 4.78 is 17.4. The van der Waals surface area contributed by atoms with Gasteiger partial charge in [-0.05, 0) is 24.6 Å². The summed E-state index contributed by atoms with van der Waals surface area (Å²) in [7, 11) is 1.76. The summed E-state index contributed by atoms with van der Waals surface area (Å²) in [5.41, 5.74) is -0.0555. The second kappa shape index (κ2) is 10.3. The normalized spacial score (nSPS) is 16.9. The van der Waals surface area contributed by atoms with Crippen LogP contribution >= 0.6 is 0 Å². The minimum atomic E-state index is -2.68. The van der Waals surface area contributed by atoms with Crippen molar-refractivity contribution in [1.82, 2.24) is 30.0 Å². The minimum absolute atomic E-state index is 0.00616. The Morgan fingerprint density at radius 3 is 2.64 bits per heavy atom. The molecule has 4 aromatic rings. The molecule has 0 saturated carbocycles. The lowest BCUT2D eigenvalue weighted by atomic mass is 9.92. The van der Waals surface area contributed by atoms with Crippen LogP contribution in [-0.4, -0.2) is 47.9 Å². The molecule has 0 bridgehead atoms. The maximum atomic E-state index is 15.7. The quantitative estimate of drug-likeness (QED) is 0.319. The summed E-state index contributed by atoms with van der Waals surface area (Å²) >= 11 is 0. The number of nitrogens with zero attached hydrogens (tertiary/aromatic N) is 5. The number of nitrogens with one attached hydrogen (secondary N) is 2. The summed E-state index contributed by atoms with van der Waals surface area (Å²) in [6.07, 6.45) is 0.473. The van der Waals surface area contributed by atoms with E-state index in [2.05, 4.69) is 25.7 Å². The van der Waals surface area contributed by atoms with E-state index in [4.69, 9.17) is 0 Å². The third-order valence-electron chi connectivity index (χ3n) is 6.81. The molecule has 2 unspecified atom stereocenters. The number of rotatable bonds is 8. The highest BCUT2D eigenvalue weighted by Gasteiger charge is 2.56. The van der Waals surface area contributed by atoms with E-state index in [1.807, 2.05) is 0 Å². The topological polar surface area (TPSA) is 125 Å². The van der Waals surface area contributed by atoms with Gasteiger partial charge in [0, 0.05) is 36.9 Å². The van der Waals surface area contributed by atoms with Crippen LogP contribution in [0.25, 0.3) is 0 Å². The lowest BCUT2D eigenvalue weighted by molar-refractivity contribution is -0.145. The largest absolute Gasteiger partial charge is 0.361 e. The van der Waals surface area contributed by atoms with Crippen LogP contribution in [0.2, 0.25) is 0 Å². The van der Waals surface area contributed by atoms with E-state index in [0.717, 1.165) is 5.56 Å². The van der Waals surface area contributed by atoms with Crippen molar-refractivity contribution in [3.05, 3.63) is 101 Å². The van der Waals surface area contributed by atoms with Gasteiger partial charge < -0.3 is 15.7 Å². The fourth-order valence-corrected chi connectivity index (χ4v) is 4.93. The standard InChI is InChI=1S/C28H28FN7O3/c1-4-23(37)34-28(26(29)39,18-9-7-8-17(2)16-18)36-24(19-10-5-6-11-20(19)25(36)38)21-12-14-30-27(32-21)33-22-13-15-31-35(22)3/h5-16,24,26,39H,4H2,1-3H3,(H,34,37)(H,30,32,33)/t24?,26?,28-/m0/s1. The number of hydrogen-bond donors (Lipinski definition) is 3. The molecule has 1 aliphatic rings. The molecule has 3 heterocycles. The molecular formula is C28H28FN7O3. The van der Waals surface area contributed by atoms with Gasteiger partial charge in [0.25, 0.3) is 5.91 Å². The number of aliphatic hydroxyl groups is 1. The maximum Gasteiger partial charge on any atom is 0.257 e. The summed E-state index contributed by atoms with van der Waals surface area (Å²) in [4.78, 5) is 37.1. The second-order valence-electron chi connectivity index (χ2n) is 9.31. The van der Waals surface area contributed by atoms with E-state index in [-0.39, 0.29) is 17.9 Å². The average molecular weight is 530 g/mol. The third kappa shape index (κ3) is 4.50. The highest BCUT2D eigenvalue weighted by Crippen LogP contribution is 2.46.